The molecule has 3 rings (SSSR count). The summed E-state index contributed by atoms with van der Waals surface area (Å²) in [5.41, 5.74) is 2.38. The fraction of sp³-hybridized carbons (Fsp3) is 0.167. The van der Waals surface area contributed by atoms with Crippen LogP contribution in [-0.2, 0) is 21.0 Å². The normalized spacial score (nSPS) is 12.1. The first-order valence-electron chi connectivity index (χ1n) is 10.2. The van der Waals surface area contributed by atoms with Gasteiger partial charge in [0, 0.05) is 10.6 Å². The summed E-state index contributed by atoms with van der Waals surface area (Å²) < 4.78 is 67.2. The summed E-state index contributed by atoms with van der Waals surface area (Å²) >= 11 is 6.18. The van der Waals surface area contributed by atoms with Crippen LogP contribution in [0.2, 0.25) is 5.02 Å². The minimum absolute atomic E-state index is 0.0436. The van der Waals surface area contributed by atoms with Gasteiger partial charge in [0.2, 0.25) is 0 Å². The lowest BCUT2D eigenvalue weighted by molar-refractivity contribution is -0.137. The van der Waals surface area contributed by atoms with E-state index in [1.54, 1.807) is 38.1 Å². The summed E-state index contributed by atoms with van der Waals surface area (Å²) in [5, 5.41) is 3.90. The van der Waals surface area contributed by atoms with Gasteiger partial charge >= 0.3 is 6.18 Å². The summed E-state index contributed by atoms with van der Waals surface area (Å²) in [6.07, 6.45) is -3.75. The Balaban J connectivity index is 1.90. The Kier molecular flexibility index (Phi) is 7.86. The van der Waals surface area contributed by atoms with Gasteiger partial charge in [-0.15, -0.1) is 0 Å². The number of amides is 1. The van der Waals surface area contributed by atoms with E-state index in [1.807, 2.05) is 0 Å². The number of rotatable bonds is 7. The molecule has 184 valence electrons. The minimum atomic E-state index is -4.60. The van der Waals surface area contributed by atoms with Gasteiger partial charge in [-0.3, -0.25) is 9.10 Å². The lowest BCUT2D eigenvalue weighted by Crippen LogP contribution is -2.40. The van der Waals surface area contributed by atoms with Gasteiger partial charge in [0.1, 0.15) is 6.54 Å². The number of halogens is 4. The topological polar surface area (TPSA) is 78.8 Å². The molecule has 0 radical (unpaired) electrons. The Bertz CT molecular complexity index is 1360. The maximum atomic E-state index is 13.4. The maximum Gasteiger partial charge on any atom is 0.417 e. The van der Waals surface area contributed by atoms with E-state index in [1.165, 1.54) is 36.4 Å². The number of nitrogens with one attached hydrogen (secondary N) is 1. The molecule has 0 fully saturated rings. The summed E-state index contributed by atoms with van der Waals surface area (Å²) in [6, 6.07) is 15.4. The Morgan fingerprint density at radius 3 is 2.34 bits per heavy atom. The van der Waals surface area contributed by atoms with Crippen molar-refractivity contribution in [1.82, 2.24) is 5.43 Å². The van der Waals surface area contributed by atoms with E-state index in [9.17, 15) is 26.4 Å². The van der Waals surface area contributed by atoms with Gasteiger partial charge in [0.05, 0.1) is 22.4 Å². The summed E-state index contributed by atoms with van der Waals surface area (Å²) in [5.74, 6) is -0.860. The molecule has 35 heavy (non-hydrogen) atoms. The second-order valence-electron chi connectivity index (χ2n) is 7.59. The van der Waals surface area contributed by atoms with Crippen LogP contribution in [0, 0.1) is 13.8 Å². The number of nitrogens with zero attached hydrogens (tertiary/aromatic N) is 2. The third-order valence-corrected chi connectivity index (χ3v) is 7.25. The third-order valence-electron chi connectivity index (χ3n) is 5.06. The molecule has 0 bridgehead atoms. The van der Waals surface area contributed by atoms with Crippen LogP contribution in [0.15, 0.2) is 76.7 Å². The molecule has 0 aromatic heterocycles. The molecule has 0 unspecified atom stereocenters. The summed E-state index contributed by atoms with van der Waals surface area (Å²) in [7, 11) is -4.20. The van der Waals surface area contributed by atoms with Crippen LogP contribution in [-0.4, -0.2) is 27.1 Å². The third kappa shape index (κ3) is 6.20. The van der Waals surface area contributed by atoms with E-state index in [0.29, 0.717) is 10.6 Å². The molecule has 0 saturated carbocycles. The molecule has 0 aliphatic rings. The zero-order chi connectivity index (χ0) is 25.8. The van der Waals surface area contributed by atoms with Gasteiger partial charge in [-0.25, -0.2) is 13.8 Å². The maximum absolute atomic E-state index is 13.4. The van der Waals surface area contributed by atoms with Crippen molar-refractivity contribution in [3.8, 4) is 0 Å². The van der Waals surface area contributed by atoms with E-state index < -0.39 is 34.2 Å². The molecule has 0 spiro atoms. The van der Waals surface area contributed by atoms with Crippen molar-refractivity contribution in [3.63, 3.8) is 0 Å². The first-order valence-corrected chi connectivity index (χ1v) is 12.1. The lowest BCUT2D eigenvalue weighted by atomic mass is 10.1. The number of benzene rings is 3. The van der Waals surface area contributed by atoms with E-state index >= 15 is 0 Å². The molecule has 3 aromatic rings. The standard InChI is InChI=1S/C24H21ClF3N3O3S/c1-16-10-12-19(13-11-16)35(33,34)31(22-9-5-8-21(25)17(22)2)15-23(32)30-29-14-18-6-3-4-7-20(18)24(26,27)28/h3-14H,15H2,1-2H3,(H,30,32)/b29-14+. The number of anilines is 1. The number of hydrogen-bond acceptors (Lipinski definition) is 4. The smallest absolute Gasteiger partial charge is 0.271 e. The second kappa shape index (κ2) is 10.5. The van der Waals surface area contributed by atoms with Gasteiger partial charge < -0.3 is 0 Å². The highest BCUT2D eigenvalue weighted by atomic mass is 35.5. The van der Waals surface area contributed by atoms with Gasteiger partial charge in [-0.05, 0) is 49.7 Å². The average Bonchev–Trinajstić information content (AvgIpc) is 2.79. The number of carbonyl (C=O) groups is 1. The predicted molar refractivity (Wildman–Crippen MR) is 129 cm³/mol. The highest BCUT2D eigenvalue weighted by Gasteiger charge is 2.32. The van der Waals surface area contributed by atoms with Crippen molar-refractivity contribution >= 4 is 39.4 Å². The van der Waals surface area contributed by atoms with E-state index in [4.69, 9.17) is 11.6 Å². The van der Waals surface area contributed by atoms with Crippen LogP contribution in [0.4, 0.5) is 18.9 Å². The Morgan fingerprint density at radius 2 is 1.69 bits per heavy atom. The van der Waals surface area contributed by atoms with Crippen LogP contribution in [0.3, 0.4) is 0 Å². The first-order chi connectivity index (χ1) is 16.4. The molecule has 0 atom stereocenters. The van der Waals surface area contributed by atoms with E-state index in [0.717, 1.165) is 22.1 Å². The van der Waals surface area contributed by atoms with Gasteiger partial charge in [0.25, 0.3) is 15.9 Å². The number of hydrazone groups is 1. The molecule has 0 heterocycles. The average molecular weight is 524 g/mol. The van der Waals surface area contributed by atoms with Crippen molar-refractivity contribution in [1.29, 1.82) is 0 Å². The number of sulfonamides is 1. The van der Waals surface area contributed by atoms with Crippen molar-refractivity contribution in [2.45, 2.75) is 24.9 Å². The molecular weight excluding hydrogens is 503 g/mol. The highest BCUT2D eigenvalue weighted by molar-refractivity contribution is 7.92. The number of hydrogen-bond donors (Lipinski definition) is 1. The van der Waals surface area contributed by atoms with Crippen LogP contribution < -0.4 is 9.73 Å². The van der Waals surface area contributed by atoms with E-state index in [2.05, 4.69) is 10.5 Å². The number of alkyl halides is 3. The van der Waals surface area contributed by atoms with Crippen LogP contribution in [0.1, 0.15) is 22.3 Å². The SMILES string of the molecule is Cc1ccc(S(=O)(=O)N(CC(=O)N/N=C/c2ccccc2C(F)(F)F)c2cccc(Cl)c2C)cc1. The summed E-state index contributed by atoms with van der Waals surface area (Å²) in [6.45, 7) is 2.73. The Hall–Kier alpha value is -3.37. The molecule has 0 saturated heterocycles. The molecule has 11 heteroatoms. The molecule has 0 aliphatic heterocycles. The Labute approximate surface area is 206 Å². The van der Waals surface area contributed by atoms with Crippen LogP contribution in [0.25, 0.3) is 0 Å². The zero-order valence-corrected chi connectivity index (χ0v) is 20.2. The molecule has 1 amide bonds. The van der Waals surface area contributed by atoms with Gasteiger partial charge in [0.15, 0.2) is 0 Å². The van der Waals surface area contributed by atoms with Gasteiger partial charge in [-0.2, -0.15) is 18.3 Å². The summed E-state index contributed by atoms with van der Waals surface area (Å²) in [4.78, 5) is 12.6. The minimum Gasteiger partial charge on any atom is -0.271 e. The van der Waals surface area contributed by atoms with Crippen molar-refractivity contribution in [3.05, 3.63) is 94.0 Å². The molecule has 1 N–H and O–H groups in total. The van der Waals surface area contributed by atoms with E-state index in [-0.39, 0.29) is 16.1 Å². The van der Waals surface area contributed by atoms with Crippen LogP contribution >= 0.6 is 11.6 Å². The van der Waals surface area contributed by atoms with Crippen molar-refractivity contribution in [2.24, 2.45) is 5.10 Å². The predicted octanol–water partition coefficient (Wildman–Crippen LogP) is 5.32. The lowest BCUT2D eigenvalue weighted by Gasteiger charge is -2.25. The zero-order valence-electron chi connectivity index (χ0n) is 18.7. The molecule has 0 aliphatic carbocycles. The molecule has 3 aromatic carbocycles. The fourth-order valence-corrected chi connectivity index (χ4v) is 4.86. The first kappa shape index (κ1) is 26.2. The Morgan fingerprint density at radius 1 is 1.03 bits per heavy atom. The quantitative estimate of drug-likeness (QED) is 0.336. The number of aryl methyl sites for hydroxylation is 1. The molecular formula is C24H21ClF3N3O3S. The number of carbonyl (C=O) groups excluding carboxylic acids is 1. The van der Waals surface area contributed by atoms with Gasteiger partial charge in [-0.1, -0.05) is 53.6 Å². The molecule has 6 nitrogen and oxygen atoms in total. The monoisotopic (exact) mass is 523 g/mol. The van der Waals surface area contributed by atoms with Crippen molar-refractivity contribution in [2.75, 3.05) is 10.8 Å². The second-order valence-corrected chi connectivity index (χ2v) is 9.86. The van der Waals surface area contributed by atoms with Crippen molar-refractivity contribution < 1.29 is 26.4 Å². The van der Waals surface area contributed by atoms with Crippen LogP contribution in [0.5, 0.6) is 0 Å². The largest absolute Gasteiger partial charge is 0.417 e. The fourth-order valence-electron chi connectivity index (χ4n) is 3.21. The highest BCUT2D eigenvalue weighted by Crippen LogP contribution is 2.32.